The summed E-state index contributed by atoms with van der Waals surface area (Å²) in [5.41, 5.74) is 1.01. The van der Waals surface area contributed by atoms with E-state index < -0.39 is 0 Å². The predicted molar refractivity (Wildman–Crippen MR) is 76.3 cm³/mol. The van der Waals surface area contributed by atoms with Gasteiger partial charge in [0, 0.05) is 29.0 Å². The van der Waals surface area contributed by atoms with Gasteiger partial charge in [-0.05, 0) is 18.1 Å². The van der Waals surface area contributed by atoms with Gasteiger partial charge in [0.25, 0.3) is 0 Å². The Labute approximate surface area is 116 Å². The number of aromatic nitrogens is 3. The molecule has 0 bridgehead atoms. The minimum Gasteiger partial charge on any atom is -0.308 e. The number of carbonyl (C=O) groups is 1. The van der Waals surface area contributed by atoms with E-state index in [4.69, 9.17) is 0 Å². The number of anilines is 1. The van der Waals surface area contributed by atoms with E-state index in [0.717, 1.165) is 10.6 Å². The topological polar surface area (TPSA) is 70.7 Å². The maximum atomic E-state index is 11.8. The summed E-state index contributed by atoms with van der Waals surface area (Å²) in [6, 6.07) is 5.62. The van der Waals surface area contributed by atoms with Gasteiger partial charge >= 0.3 is 0 Å². The molecular formula is C13H16N4OS. The Morgan fingerprint density at radius 3 is 2.79 bits per heavy atom. The van der Waals surface area contributed by atoms with Crippen LogP contribution < -0.4 is 5.32 Å². The first kappa shape index (κ1) is 13.6. The van der Waals surface area contributed by atoms with E-state index in [1.165, 1.54) is 11.8 Å². The number of thioether (sulfide) groups is 1. The van der Waals surface area contributed by atoms with Crippen LogP contribution in [0, 0.1) is 0 Å². The Bertz CT molecular complexity index is 539. The molecule has 2 aromatic heterocycles. The molecule has 0 radical (unpaired) electrons. The van der Waals surface area contributed by atoms with Gasteiger partial charge in [-0.25, -0.2) is 0 Å². The number of amides is 1. The van der Waals surface area contributed by atoms with Crippen molar-refractivity contribution >= 4 is 23.5 Å². The second-order valence-electron chi connectivity index (χ2n) is 4.38. The molecule has 2 rings (SSSR count). The summed E-state index contributed by atoms with van der Waals surface area (Å²) in [4.78, 5) is 16.7. The second kappa shape index (κ2) is 6.38. The van der Waals surface area contributed by atoms with Gasteiger partial charge in [0.1, 0.15) is 0 Å². The van der Waals surface area contributed by atoms with E-state index >= 15 is 0 Å². The Kier molecular flexibility index (Phi) is 4.57. The lowest BCUT2D eigenvalue weighted by molar-refractivity contribution is -0.113. The SMILES string of the molecule is CC(C)c1cc(NC(=O)CSc2ccncc2)n[nH]1. The fourth-order valence-corrected chi connectivity index (χ4v) is 2.14. The zero-order valence-corrected chi connectivity index (χ0v) is 11.7. The highest BCUT2D eigenvalue weighted by molar-refractivity contribution is 8.00. The summed E-state index contributed by atoms with van der Waals surface area (Å²) in [6.45, 7) is 4.14. The largest absolute Gasteiger partial charge is 0.308 e. The van der Waals surface area contributed by atoms with Crippen molar-refractivity contribution in [3.8, 4) is 0 Å². The van der Waals surface area contributed by atoms with Gasteiger partial charge in [0.05, 0.1) is 5.75 Å². The minimum absolute atomic E-state index is 0.0661. The molecule has 0 spiro atoms. The van der Waals surface area contributed by atoms with Gasteiger partial charge in [-0.1, -0.05) is 13.8 Å². The van der Waals surface area contributed by atoms with Crippen LogP contribution in [-0.2, 0) is 4.79 Å². The molecule has 0 aliphatic carbocycles. The fourth-order valence-electron chi connectivity index (χ4n) is 1.46. The van der Waals surface area contributed by atoms with Gasteiger partial charge in [0.15, 0.2) is 5.82 Å². The molecule has 5 nitrogen and oxygen atoms in total. The Balaban J connectivity index is 1.84. The average Bonchev–Trinajstić information content (AvgIpc) is 2.86. The molecule has 0 saturated heterocycles. The number of rotatable bonds is 5. The first-order valence-corrected chi connectivity index (χ1v) is 7.01. The van der Waals surface area contributed by atoms with E-state index in [-0.39, 0.29) is 5.91 Å². The lowest BCUT2D eigenvalue weighted by Gasteiger charge is -2.01. The molecule has 0 aromatic carbocycles. The van der Waals surface area contributed by atoms with Crippen LogP contribution in [-0.4, -0.2) is 26.8 Å². The molecule has 2 N–H and O–H groups in total. The molecule has 0 saturated carbocycles. The van der Waals surface area contributed by atoms with Crippen LogP contribution in [0.25, 0.3) is 0 Å². The standard InChI is InChI=1S/C13H16N4OS/c1-9(2)11-7-12(17-16-11)15-13(18)8-19-10-3-5-14-6-4-10/h3-7,9H,8H2,1-2H3,(H2,15,16,17,18). The second-order valence-corrected chi connectivity index (χ2v) is 5.43. The highest BCUT2D eigenvalue weighted by Gasteiger charge is 2.08. The quantitative estimate of drug-likeness (QED) is 0.824. The fraction of sp³-hybridized carbons (Fsp3) is 0.308. The summed E-state index contributed by atoms with van der Waals surface area (Å²) < 4.78 is 0. The summed E-state index contributed by atoms with van der Waals surface area (Å²) in [6.07, 6.45) is 3.42. The van der Waals surface area contributed by atoms with Crippen molar-refractivity contribution in [3.63, 3.8) is 0 Å². The zero-order valence-electron chi connectivity index (χ0n) is 10.9. The highest BCUT2D eigenvalue weighted by atomic mass is 32.2. The predicted octanol–water partition coefficient (Wildman–Crippen LogP) is 2.66. The third-order valence-corrected chi connectivity index (χ3v) is 3.52. The lowest BCUT2D eigenvalue weighted by Crippen LogP contribution is -2.14. The summed E-state index contributed by atoms with van der Waals surface area (Å²) in [7, 11) is 0. The monoisotopic (exact) mass is 276 g/mol. The van der Waals surface area contributed by atoms with Crippen molar-refractivity contribution in [1.29, 1.82) is 0 Å². The number of hydrogen-bond acceptors (Lipinski definition) is 4. The van der Waals surface area contributed by atoms with Crippen LogP contribution in [0.1, 0.15) is 25.5 Å². The van der Waals surface area contributed by atoms with Gasteiger partial charge < -0.3 is 5.32 Å². The van der Waals surface area contributed by atoms with Crippen LogP contribution in [0.4, 0.5) is 5.82 Å². The number of nitrogens with zero attached hydrogens (tertiary/aromatic N) is 2. The third kappa shape index (κ3) is 4.10. The average molecular weight is 276 g/mol. The maximum Gasteiger partial charge on any atom is 0.235 e. The number of H-pyrrole nitrogens is 1. The van der Waals surface area contributed by atoms with Crippen molar-refractivity contribution in [2.24, 2.45) is 0 Å². The Morgan fingerprint density at radius 1 is 1.42 bits per heavy atom. The number of aromatic amines is 1. The number of hydrogen-bond donors (Lipinski definition) is 2. The van der Waals surface area contributed by atoms with Gasteiger partial charge in [-0.3, -0.25) is 14.9 Å². The zero-order chi connectivity index (χ0) is 13.7. The number of nitrogens with one attached hydrogen (secondary N) is 2. The van der Waals surface area contributed by atoms with Gasteiger partial charge in [-0.15, -0.1) is 11.8 Å². The molecule has 2 aromatic rings. The number of pyridine rings is 1. The van der Waals surface area contributed by atoms with Crippen molar-refractivity contribution in [2.75, 3.05) is 11.1 Å². The van der Waals surface area contributed by atoms with Crippen LogP contribution in [0.5, 0.6) is 0 Å². The van der Waals surface area contributed by atoms with Crippen molar-refractivity contribution in [2.45, 2.75) is 24.7 Å². The molecule has 0 unspecified atom stereocenters. The van der Waals surface area contributed by atoms with E-state index in [1.807, 2.05) is 18.2 Å². The molecule has 0 atom stereocenters. The molecular weight excluding hydrogens is 260 g/mol. The summed E-state index contributed by atoms with van der Waals surface area (Å²) in [5, 5.41) is 9.73. The molecule has 6 heteroatoms. The van der Waals surface area contributed by atoms with Crippen LogP contribution in [0.2, 0.25) is 0 Å². The van der Waals surface area contributed by atoms with Crippen molar-refractivity contribution in [1.82, 2.24) is 15.2 Å². The molecule has 0 fully saturated rings. The molecule has 0 aliphatic rings. The third-order valence-electron chi connectivity index (χ3n) is 2.51. The maximum absolute atomic E-state index is 11.8. The molecule has 100 valence electrons. The van der Waals surface area contributed by atoms with E-state index in [0.29, 0.717) is 17.5 Å². The van der Waals surface area contributed by atoms with Crippen molar-refractivity contribution < 1.29 is 4.79 Å². The number of carbonyl (C=O) groups excluding carboxylic acids is 1. The Morgan fingerprint density at radius 2 is 2.16 bits per heavy atom. The van der Waals surface area contributed by atoms with Crippen molar-refractivity contribution in [3.05, 3.63) is 36.3 Å². The summed E-state index contributed by atoms with van der Waals surface area (Å²) in [5.74, 6) is 1.23. The smallest absolute Gasteiger partial charge is 0.235 e. The lowest BCUT2D eigenvalue weighted by atomic mass is 10.1. The van der Waals surface area contributed by atoms with Crippen LogP contribution in [0.3, 0.4) is 0 Å². The highest BCUT2D eigenvalue weighted by Crippen LogP contribution is 2.17. The molecule has 2 heterocycles. The first-order valence-electron chi connectivity index (χ1n) is 6.03. The van der Waals surface area contributed by atoms with Crippen LogP contribution >= 0.6 is 11.8 Å². The van der Waals surface area contributed by atoms with E-state index in [9.17, 15) is 4.79 Å². The first-order chi connectivity index (χ1) is 9.15. The summed E-state index contributed by atoms with van der Waals surface area (Å²) >= 11 is 1.47. The molecule has 1 amide bonds. The van der Waals surface area contributed by atoms with Crippen LogP contribution in [0.15, 0.2) is 35.5 Å². The minimum atomic E-state index is -0.0661. The van der Waals surface area contributed by atoms with E-state index in [1.54, 1.807) is 12.4 Å². The van der Waals surface area contributed by atoms with Gasteiger partial charge in [-0.2, -0.15) is 5.10 Å². The molecule has 0 aliphatic heterocycles. The van der Waals surface area contributed by atoms with Gasteiger partial charge in [0.2, 0.25) is 5.91 Å². The molecule has 19 heavy (non-hydrogen) atoms. The Hall–Kier alpha value is -1.82. The van der Waals surface area contributed by atoms with E-state index in [2.05, 4.69) is 34.3 Å². The normalized spacial score (nSPS) is 10.7.